The SMILES string of the molecule is CCn1ccnc1C(NN)c1cc(C)ccc1Br. The summed E-state index contributed by atoms with van der Waals surface area (Å²) in [6.07, 6.45) is 3.76. The molecule has 0 fully saturated rings. The van der Waals surface area contributed by atoms with E-state index in [1.165, 1.54) is 5.56 Å². The van der Waals surface area contributed by atoms with Crippen molar-refractivity contribution in [2.45, 2.75) is 26.4 Å². The Morgan fingerprint density at radius 1 is 1.50 bits per heavy atom. The molecule has 1 heterocycles. The van der Waals surface area contributed by atoms with Crippen molar-refractivity contribution in [2.75, 3.05) is 0 Å². The number of nitrogens with two attached hydrogens (primary N) is 1. The number of rotatable bonds is 4. The number of nitrogens with one attached hydrogen (secondary N) is 1. The highest BCUT2D eigenvalue weighted by Crippen LogP contribution is 2.28. The lowest BCUT2D eigenvalue weighted by atomic mass is 10.0. The van der Waals surface area contributed by atoms with E-state index in [1.54, 1.807) is 6.20 Å². The van der Waals surface area contributed by atoms with Gasteiger partial charge in [-0.15, -0.1) is 0 Å². The van der Waals surface area contributed by atoms with E-state index in [0.29, 0.717) is 0 Å². The molecule has 1 aromatic heterocycles. The minimum Gasteiger partial charge on any atom is -0.334 e. The quantitative estimate of drug-likeness (QED) is 0.674. The van der Waals surface area contributed by atoms with Crippen molar-refractivity contribution in [2.24, 2.45) is 5.84 Å². The molecule has 0 bridgehead atoms. The Morgan fingerprint density at radius 3 is 2.94 bits per heavy atom. The van der Waals surface area contributed by atoms with E-state index in [-0.39, 0.29) is 6.04 Å². The number of aromatic nitrogens is 2. The molecule has 0 aliphatic carbocycles. The predicted molar refractivity (Wildman–Crippen MR) is 75.9 cm³/mol. The number of hydrogen-bond donors (Lipinski definition) is 2. The summed E-state index contributed by atoms with van der Waals surface area (Å²) >= 11 is 3.57. The van der Waals surface area contributed by atoms with Crippen molar-refractivity contribution in [3.63, 3.8) is 0 Å². The molecule has 1 unspecified atom stereocenters. The van der Waals surface area contributed by atoms with Gasteiger partial charge in [-0.05, 0) is 25.5 Å². The van der Waals surface area contributed by atoms with Crippen LogP contribution in [0.25, 0.3) is 0 Å². The van der Waals surface area contributed by atoms with Crippen LogP contribution in [0.5, 0.6) is 0 Å². The van der Waals surface area contributed by atoms with Gasteiger partial charge in [-0.3, -0.25) is 5.84 Å². The number of hydrogen-bond acceptors (Lipinski definition) is 3. The van der Waals surface area contributed by atoms with E-state index in [0.717, 1.165) is 22.4 Å². The van der Waals surface area contributed by atoms with Crippen molar-refractivity contribution in [3.05, 3.63) is 52.0 Å². The maximum absolute atomic E-state index is 5.71. The fraction of sp³-hybridized carbons (Fsp3) is 0.308. The summed E-state index contributed by atoms with van der Waals surface area (Å²) in [5.41, 5.74) is 5.14. The van der Waals surface area contributed by atoms with Gasteiger partial charge in [0.05, 0.1) is 0 Å². The van der Waals surface area contributed by atoms with Crippen LogP contribution in [0.1, 0.15) is 29.9 Å². The maximum atomic E-state index is 5.71. The molecule has 4 nitrogen and oxygen atoms in total. The van der Waals surface area contributed by atoms with Crippen LogP contribution in [0, 0.1) is 6.92 Å². The topological polar surface area (TPSA) is 55.9 Å². The highest BCUT2D eigenvalue weighted by molar-refractivity contribution is 9.10. The summed E-state index contributed by atoms with van der Waals surface area (Å²) in [6, 6.07) is 6.10. The van der Waals surface area contributed by atoms with Gasteiger partial charge in [-0.1, -0.05) is 33.6 Å². The molecular formula is C13H17BrN4. The molecule has 0 aliphatic heterocycles. The first-order valence-corrected chi connectivity index (χ1v) is 6.69. The summed E-state index contributed by atoms with van der Waals surface area (Å²) in [6.45, 7) is 5.02. The number of aryl methyl sites for hydroxylation is 2. The van der Waals surface area contributed by atoms with E-state index in [2.05, 4.69) is 56.9 Å². The van der Waals surface area contributed by atoms with Crippen LogP contribution in [0.15, 0.2) is 35.1 Å². The zero-order chi connectivity index (χ0) is 13.1. The van der Waals surface area contributed by atoms with Gasteiger partial charge in [0.1, 0.15) is 11.9 Å². The molecule has 0 aliphatic rings. The third kappa shape index (κ3) is 2.48. The molecule has 2 rings (SSSR count). The van der Waals surface area contributed by atoms with Crippen molar-refractivity contribution < 1.29 is 0 Å². The van der Waals surface area contributed by atoms with Gasteiger partial charge in [0, 0.05) is 23.4 Å². The van der Waals surface area contributed by atoms with Crippen LogP contribution in [-0.2, 0) is 6.54 Å². The molecule has 1 atom stereocenters. The molecule has 0 amide bonds. The van der Waals surface area contributed by atoms with Gasteiger partial charge >= 0.3 is 0 Å². The van der Waals surface area contributed by atoms with Crippen LogP contribution in [0.2, 0.25) is 0 Å². The molecule has 18 heavy (non-hydrogen) atoms. The van der Waals surface area contributed by atoms with Gasteiger partial charge in [-0.25, -0.2) is 10.4 Å². The Morgan fingerprint density at radius 2 is 2.28 bits per heavy atom. The predicted octanol–water partition coefficient (Wildman–Crippen LogP) is 2.53. The number of nitrogens with zero attached hydrogens (tertiary/aromatic N) is 2. The van der Waals surface area contributed by atoms with Crippen LogP contribution in [0.4, 0.5) is 0 Å². The zero-order valence-corrected chi connectivity index (χ0v) is 12.1. The number of hydrazine groups is 1. The van der Waals surface area contributed by atoms with Crippen molar-refractivity contribution in [1.29, 1.82) is 0 Å². The van der Waals surface area contributed by atoms with Gasteiger partial charge in [0.2, 0.25) is 0 Å². The molecule has 0 saturated heterocycles. The first kappa shape index (κ1) is 13.3. The lowest BCUT2D eigenvalue weighted by Crippen LogP contribution is -2.31. The zero-order valence-electron chi connectivity index (χ0n) is 10.5. The lowest BCUT2D eigenvalue weighted by molar-refractivity contribution is 0.559. The van der Waals surface area contributed by atoms with Crippen LogP contribution >= 0.6 is 15.9 Å². The Hall–Kier alpha value is -1.17. The van der Waals surface area contributed by atoms with Crippen LogP contribution < -0.4 is 11.3 Å². The summed E-state index contributed by atoms with van der Waals surface area (Å²) < 4.78 is 3.11. The minimum absolute atomic E-state index is 0.116. The van der Waals surface area contributed by atoms with E-state index >= 15 is 0 Å². The Labute approximate surface area is 115 Å². The highest BCUT2D eigenvalue weighted by Gasteiger charge is 2.19. The van der Waals surface area contributed by atoms with Crippen LogP contribution in [0.3, 0.4) is 0 Å². The maximum Gasteiger partial charge on any atom is 0.131 e. The van der Waals surface area contributed by atoms with Crippen molar-refractivity contribution >= 4 is 15.9 Å². The van der Waals surface area contributed by atoms with E-state index in [1.807, 2.05) is 12.3 Å². The molecule has 96 valence electrons. The standard InChI is InChI=1S/C13H17BrN4/c1-3-18-7-6-16-13(18)12(17-15)10-8-9(2)4-5-11(10)14/h4-8,12,17H,3,15H2,1-2H3. The monoisotopic (exact) mass is 308 g/mol. The smallest absolute Gasteiger partial charge is 0.131 e. The minimum atomic E-state index is -0.116. The van der Waals surface area contributed by atoms with Crippen molar-refractivity contribution in [1.82, 2.24) is 15.0 Å². The lowest BCUT2D eigenvalue weighted by Gasteiger charge is -2.19. The van der Waals surface area contributed by atoms with E-state index in [4.69, 9.17) is 5.84 Å². The van der Waals surface area contributed by atoms with Gasteiger partial charge in [0.25, 0.3) is 0 Å². The molecule has 2 aromatic rings. The van der Waals surface area contributed by atoms with Gasteiger partial charge in [0.15, 0.2) is 0 Å². The third-order valence-corrected chi connectivity index (χ3v) is 3.70. The Kier molecular flexibility index (Phi) is 4.16. The highest BCUT2D eigenvalue weighted by atomic mass is 79.9. The molecule has 0 radical (unpaired) electrons. The average Bonchev–Trinajstić information content (AvgIpc) is 2.83. The number of benzene rings is 1. The molecular weight excluding hydrogens is 292 g/mol. The second kappa shape index (κ2) is 5.65. The third-order valence-electron chi connectivity index (χ3n) is 2.98. The first-order chi connectivity index (χ1) is 8.67. The molecule has 1 aromatic carbocycles. The molecule has 0 spiro atoms. The molecule has 0 saturated carbocycles. The van der Waals surface area contributed by atoms with Crippen molar-refractivity contribution in [3.8, 4) is 0 Å². The van der Waals surface area contributed by atoms with Gasteiger partial charge in [-0.2, -0.15) is 0 Å². The fourth-order valence-corrected chi connectivity index (χ4v) is 2.51. The Balaban J connectivity index is 2.48. The van der Waals surface area contributed by atoms with E-state index < -0.39 is 0 Å². The number of halogens is 1. The number of imidazole rings is 1. The molecule has 3 N–H and O–H groups in total. The van der Waals surface area contributed by atoms with E-state index in [9.17, 15) is 0 Å². The summed E-state index contributed by atoms with van der Waals surface area (Å²) in [7, 11) is 0. The summed E-state index contributed by atoms with van der Waals surface area (Å²) in [5, 5.41) is 0. The van der Waals surface area contributed by atoms with Crippen LogP contribution in [-0.4, -0.2) is 9.55 Å². The average molecular weight is 309 g/mol. The second-order valence-electron chi connectivity index (χ2n) is 4.20. The first-order valence-electron chi connectivity index (χ1n) is 5.90. The summed E-state index contributed by atoms with van der Waals surface area (Å²) in [4.78, 5) is 4.40. The second-order valence-corrected chi connectivity index (χ2v) is 5.05. The normalized spacial score (nSPS) is 12.7. The summed E-state index contributed by atoms with van der Waals surface area (Å²) in [5.74, 6) is 6.64. The van der Waals surface area contributed by atoms with Gasteiger partial charge < -0.3 is 4.57 Å². The molecule has 5 heteroatoms. The Bertz CT molecular complexity index is 536. The fourth-order valence-electron chi connectivity index (χ4n) is 2.04. The largest absolute Gasteiger partial charge is 0.334 e.